The first kappa shape index (κ1) is 20.2. The van der Waals surface area contributed by atoms with Gasteiger partial charge in [0.25, 0.3) is 0 Å². The summed E-state index contributed by atoms with van der Waals surface area (Å²) < 4.78 is 0. The second kappa shape index (κ2) is 9.17. The Morgan fingerprint density at radius 2 is 1.57 bits per heavy atom. The van der Waals surface area contributed by atoms with Crippen molar-refractivity contribution < 1.29 is 4.79 Å². The molecular weight excluding hydrogens is 368 g/mol. The Kier molecular flexibility index (Phi) is 6.18. The molecule has 3 aromatic rings. The first-order valence-electron chi connectivity index (χ1n) is 10.8. The highest BCUT2D eigenvalue weighted by Crippen LogP contribution is 2.20. The lowest BCUT2D eigenvalue weighted by Gasteiger charge is -2.29. The molecule has 1 aliphatic heterocycles. The summed E-state index contributed by atoms with van der Waals surface area (Å²) >= 11 is 0. The summed E-state index contributed by atoms with van der Waals surface area (Å²) in [6.45, 7) is 6.76. The Balaban J connectivity index is 1.30. The molecule has 1 N–H and O–H groups in total. The predicted molar refractivity (Wildman–Crippen MR) is 124 cm³/mol. The molecule has 0 bridgehead atoms. The predicted octanol–water partition coefficient (Wildman–Crippen LogP) is 5.55. The van der Waals surface area contributed by atoms with Gasteiger partial charge in [-0.15, -0.1) is 0 Å². The molecular formula is C27H30N2O. The summed E-state index contributed by atoms with van der Waals surface area (Å²) in [5, 5.41) is 3.47. The van der Waals surface area contributed by atoms with Gasteiger partial charge in [-0.05, 0) is 52.3 Å². The quantitative estimate of drug-likeness (QED) is 0.590. The van der Waals surface area contributed by atoms with Crippen LogP contribution in [0.3, 0.4) is 0 Å². The van der Waals surface area contributed by atoms with Crippen LogP contribution < -0.4 is 5.32 Å². The van der Waals surface area contributed by atoms with Gasteiger partial charge in [0, 0.05) is 25.3 Å². The third kappa shape index (κ3) is 4.91. The van der Waals surface area contributed by atoms with E-state index in [1.807, 2.05) is 4.90 Å². The van der Waals surface area contributed by atoms with E-state index >= 15 is 0 Å². The molecule has 0 saturated carbocycles. The van der Waals surface area contributed by atoms with E-state index < -0.39 is 0 Å². The van der Waals surface area contributed by atoms with Crippen LogP contribution in [-0.2, 0) is 30.7 Å². The van der Waals surface area contributed by atoms with Crippen LogP contribution in [0.5, 0.6) is 0 Å². The second-order valence-corrected chi connectivity index (χ2v) is 8.46. The molecule has 0 aliphatic carbocycles. The van der Waals surface area contributed by atoms with Crippen LogP contribution in [0.2, 0.25) is 0 Å². The fourth-order valence-electron chi connectivity index (χ4n) is 3.96. The molecule has 3 nitrogen and oxygen atoms in total. The zero-order valence-electron chi connectivity index (χ0n) is 17.9. The van der Waals surface area contributed by atoms with Gasteiger partial charge in [-0.1, -0.05) is 74.5 Å². The number of rotatable bonds is 6. The van der Waals surface area contributed by atoms with Crippen molar-refractivity contribution in [3.05, 3.63) is 101 Å². The van der Waals surface area contributed by atoms with Crippen molar-refractivity contribution in [2.75, 3.05) is 11.9 Å². The number of hydrogen-bond acceptors (Lipinski definition) is 2. The number of nitrogens with one attached hydrogen (secondary N) is 1. The fraction of sp³-hybridized carbons (Fsp3) is 0.296. The molecule has 0 fully saturated rings. The minimum atomic E-state index is 0.204. The number of amides is 1. The molecule has 0 aromatic heterocycles. The number of carbonyl (C=O) groups is 1. The summed E-state index contributed by atoms with van der Waals surface area (Å²) in [6.07, 6.45) is 1.40. The second-order valence-electron chi connectivity index (χ2n) is 8.46. The van der Waals surface area contributed by atoms with E-state index in [0.717, 1.165) is 37.3 Å². The smallest absolute Gasteiger partial charge is 0.227 e. The Hall–Kier alpha value is -3.07. The number of fused-ring (bicyclic) bond motifs is 1. The topological polar surface area (TPSA) is 32.3 Å². The van der Waals surface area contributed by atoms with Gasteiger partial charge in [0.15, 0.2) is 0 Å². The Morgan fingerprint density at radius 3 is 2.27 bits per heavy atom. The summed E-state index contributed by atoms with van der Waals surface area (Å²) in [7, 11) is 0. The molecule has 4 rings (SSSR count). The Morgan fingerprint density at radius 1 is 0.900 bits per heavy atom. The minimum Gasteiger partial charge on any atom is -0.381 e. The zero-order chi connectivity index (χ0) is 20.9. The van der Waals surface area contributed by atoms with Crippen molar-refractivity contribution in [1.82, 2.24) is 4.90 Å². The summed E-state index contributed by atoms with van der Waals surface area (Å²) in [6, 6.07) is 25.5. The van der Waals surface area contributed by atoms with E-state index in [0.29, 0.717) is 12.3 Å². The zero-order valence-corrected chi connectivity index (χ0v) is 17.9. The summed E-state index contributed by atoms with van der Waals surface area (Å²) in [5.41, 5.74) is 7.42. The lowest BCUT2D eigenvalue weighted by Crippen LogP contribution is -2.36. The lowest BCUT2D eigenvalue weighted by molar-refractivity contribution is -0.131. The van der Waals surface area contributed by atoms with Crippen molar-refractivity contribution in [2.45, 2.75) is 45.7 Å². The average Bonchev–Trinajstić information content (AvgIpc) is 2.78. The number of benzene rings is 3. The molecule has 0 saturated heterocycles. The molecule has 1 aliphatic rings. The number of carbonyl (C=O) groups excluding carboxylic acids is 1. The maximum absolute atomic E-state index is 12.8. The van der Waals surface area contributed by atoms with E-state index in [-0.39, 0.29) is 5.91 Å². The third-order valence-corrected chi connectivity index (χ3v) is 5.94. The molecule has 0 unspecified atom stereocenters. The van der Waals surface area contributed by atoms with Gasteiger partial charge < -0.3 is 10.2 Å². The van der Waals surface area contributed by atoms with Gasteiger partial charge in [-0.25, -0.2) is 0 Å². The largest absolute Gasteiger partial charge is 0.381 e. The maximum atomic E-state index is 12.8. The van der Waals surface area contributed by atoms with Gasteiger partial charge in [0.2, 0.25) is 5.91 Å². The molecule has 1 heterocycles. The highest BCUT2D eigenvalue weighted by atomic mass is 16.2. The number of nitrogens with zero attached hydrogens (tertiary/aromatic N) is 1. The van der Waals surface area contributed by atoms with Gasteiger partial charge in [-0.3, -0.25) is 4.79 Å². The van der Waals surface area contributed by atoms with E-state index in [9.17, 15) is 4.79 Å². The fourth-order valence-corrected chi connectivity index (χ4v) is 3.96. The van der Waals surface area contributed by atoms with Crippen LogP contribution in [0.1, 0.15) is 47.6 Å². The van der Waals surface area contributed by atoms with Gasteiger partial charge in [-0.2, -0.15) is 0 Å². The normalized spacial score (nSPS) is 13.2. The van der Waals surface area contributed by atoms with Crippen molar-refractivity contribution in [2.24, 2.45) is 0 Å². The molecule has 0 atom stereocenters. The molecule has 30 heavy (non-hydrogen) atoms. The maximum Gasteiger partial charge on any atom is 0.227 e. The summed E-state index contributed by atoms with van der Waals surface area (Å²) in [5.74, 6) is 0.761. The monoisotopic (exact) mass is 398 g/mol. The van der Waals surface area contributed by atoms with Crippen LogP contribution in [0.15, 0.2) is 72.8 Å². The first-order chi connectivity index (χ1) is 14.6. The van der Waals surface area contributed by atoms with Crippen molar-refractivity contribution >= 4 is 11.6 Å². The van der Waals surface area contributed by atoms with Crippen LogP contribution in [0.4, 0.5) is 5.69 Å². The minimum absolute atomic E-state index is 0.204. The molecule has 0 radical (unpaired) electrons. The van der Waals surface area contributed by atoms with E-state index in [1.165, 1.54) is 22.3 Å². The van der Waals surface area contributed by atoms with Crippen molar-refractivity contribution in [3.63, 3.8) is 0 Å². The Bertz CT molecular complexity index is 990. The third-order valence-electron chi connectivity index (χ3n) is 5.94. The van der Waals surface area contributed by atoms with Crippen molar-refractivity contribution in [3.8, 4) is 0 Å². The van der Waals surface area contributed by atoms with Crippen LogP contribution in [0, 0.1) is 0 Å². The average molecular weight is 399 g/mol. The SMILES string of the molecule is CC(C)c1ccc(CNc2ccc(CC(=O)N3CCc4ccccc4C3)cc2)cc1. The lowest BCUT2D eigenvalue weighted by atomic mass is 9.99. The standard InChI is InChI=1S/C27H30N2O/c1-20(2)23-11-7-22(8-12-23)18-28-26-13-9-21(10-14-26)17-27(30)29-16-15-24-5-3-4-6-25(24)19-29/h3-14,20,28H,15-19H2,1-2H3. The highest BCUT2D eigenvalue weighted by Gasteiger charge is 2.20. The summed E-state index contributed by atoms with van der Waals surface area (Å²) in [4.78, 5) is 14.7. The van der Waals surface area contributed by atoms with E-state index in [4.69, 9.17) is 0 Å². The van der Waals surface area contributed by atoms with Gasteiger partial charge >= 0.3 is 0 Å². The molecule has 0 spiro atoms. The molecule has 1 amide bonds. The number of hydrogen-bond donors (Lipinski definition) is 1. The first-order valence-corrected chi connectivity index (χ1v) is 10.8. The van der Waals surface area contributed by atoms with E-state index in [2.05, 4.69) is 92.0 Å². The van der Waals surface area contributed by atoms with E-state index in [1.54, 1.807) is 0 Å². The van der Waals surface area contributed by atoms with Crippen LogP contribution >= 0.6 is 0 Å². The van der Waals surface area contributed by atoms with Crippen LogP contribution in [-0.4, -0.2) is 17.4 Å². The van der Waals surface area contributed by atoms with Gasteiger partial charge in [0.1, 0.15) is 0 Å². The van der Waals surface area contributed by atoms with Crippen molar-refractivity contribution in [1.29, 1.82) is 0 Å². The van der Waals surface area contributed by atoms with Gasteiger partial charge in [0.05, 0.1) is 6.42 Å². The number of anilines is 1. The Labute approximate surface area is 179 Å². The van der Waals surface area contributed by atoms with Crippen LogP contribution in [0.25, 0.3) is 0 Å². The highest BCUT2D eigenvalue weighted by molar-refractivity contribution is 5.79. The molecule has 154 valence electrons. The molecule has 3 aromatic carbocycles. The molecule has 3 heteroatoms.